The smallest absolute Gasteiger partial charge is 0.387 e. The van der Waals surface area contributed by atoms with Crippen LogP contribution in [0.2, 0.25) is 0 Å². The van der Waals surface area contributed by atoms with E-state index in [0.29, 0.717) is 12.1 Å². The van der Waals surface area contributed by atoms with Gasteiger partial charge >= 0.3 is 12.6 Å². The molecule has 7 heteroatoms. The number of alkyl halides is 2. The van der Waals surface area contributed by atoms with Gasteiger partial charge in [0, 0.05) is 11.6 Å². The molecule has 0 aliphatic heterocycles. The van der Waals surface area contributed by atoms with Crippen molar-refractivity contribution >= 4 is 5.97 Å². The summed E-state index contributed by atoms with van der Waals surface area (Å²) in [6.07, 6.45) is -0.737. The first-order valence-electron chi connectivity index (χ1n) is 4.04. The summed E-state index contributed by atoms with van der Waals surface area (Å²) in [5.74, 6) is -4.76. The van der Waals surface area contributed by atoms with E-state index in [9.17, 15) is 22.4 Å². The van der Waals surface area contributed by atoms with Crippen LogP contribution in [0, 0.1) is 11.6 Å². The number of aliphatic carboxylic acids is 1. The van der Waals surface area contributed by atoms with Crippen molar-refractivity contribution in [1.29, 1.82) is 0 Å². The lowest BCUT2D eigenvalue weighted by Gasteiger charge is -2.09. The standard InChI is InChI=1S/C9H6F4O3/c10-5-1-4(2-8(14)15)7(3-6(5)11)16-9(12)13/h1,3,9H,2H2,(H,14,15). The van der Waals surface area contributed by atoms with E-state index < -0.39 is 36.4 Å². The van der Waals surface area contributed by atoms with Gasteiger partial charge in [0.25, 0.3) is 0 Å². The molecular weight excluding hydrogens is 232 g/mol. The van der Waals surface area contributed by atoms with Crippen LogP contribution in [0.3, 0.4) is 0 Å². The lowest BCUT2D eigenvalue weighted by molar-refractivity contribution is -0.136. The van der Waals surface area contributed by atoms with Gasteiger partial charge in [-0.15, -0.1) is 0 Å². The summed E-state index contributed by atoms with van der Waals surface area (Å²) in [4.78, 5) is 10.3. The Balaban J connectivity index is 3.11. The molecule has 88 valence electrons. The quantitative estimate of drug-likeness (QED) is 0.818. The first-order valence-corrected chi connectivity index (χ1v) is 4.04. The van der Waals surface area contributed by atoms with Gasteiger partial charge in [0.05, 0.1) is 6.42 Å². The van der Waals surface area contributed by atoms with E-state index in [1.165, 1.54) is 0 Å². The van der Waals surface area contributed by atoms with E-state index in [2.05, 4.69) is 4.74 Å². The van der Waals surface area contributed by atoms with E-state index in [-0.39, 0.29) is 5.56 Å². The van der Waals surface area contributed by atoms with E-state index in [4.69, 9.17) is 5.11 Å². The van der Waals surface area contributed by atoms with Crippen molar-refractivity contribution in [2.75, 3.05) is 0 Å². The number of carboxylic acids is 1. The molecule has 0 saturated heterocycles. The molecule has 0 aliphatic carbocycles. The summed E-state index contributed by atoms with van der Waals surface area (Å²) in [6.45, 7) is -3.24. The average Bonchev–Trinajstić information content (AvgIpc) is 2.11. The zero-order chi connectivity index (χ0) is 12.3. The van der Waals surface area contributed by atoms with Crippen molar-refractivity contribution in [3.8, 4) is 5.75 Å². The van der Waals surface area contributed by atoms with Crippen molar-refractivity contribution in [3.05, 3.63) is 29.3 Å². The molecule has 0 atom stereocenters. The second-order valence-corrected chi connectivity index (χ2v) is 2.82. The minimum Gasteiger partial charge on any atom is -0.481 e. The molecule has 0 radical (unpaired) electrons. The molecule has 0 aromatic heterocycles. The maximum atomic E-state index is 12.7. The zero-order valence-electron chi connectivity index (χ0n) is 7.71. The van der Waals surface area contributed by atoms with Gasteiger partial charge in [0.15, 0.2) is 11.6 Å². The number of rotatable bonds is 4. The summed E-state index contributed by atoms with van der Waals surface area (Å²) in [5, 5.41) is 8.43. The lowest BCUT2D eigenvalue weighted by Crippen LogP contribution is -2.09. The van der Waals surface area contributed by atoms with Crippen LogP contribution in [0.4, 0.5) is 17.6 Å². The van der Waals surface area contributed by atoms with E-state index >= 15 is 0 Å². The first-order chi connectivity index (χ1) is 7.40. The Morgan fingerprint density at radius 1 is 1.31 bits per heavy atom. The largest absolute Gasteiger partial charge is 0.481 e. The lowest BCUT2D eigenvalue weighted by atomic mass is 10.1. The molecule has 0 heterocycles. The Hall–Kier alpha value is -1.79. The van der Waals surface area contributed by atoms with Crippen molar-refractivity contribution < 1.29 is 32.2 Å². The van der Waals surface area contributed by atoms with Crippen LogP contribution in [0.15, 0.2) is 12.1 Å². The van der Waals surface area contributed by atoms with Gasteiger partial charge in [-0.2, -0.15) is 8.78 Å². The summed E-state index contributed by atoms with van der Waals surface area (Å²) in [6, 6.07) is 0.904. The maximum Gasteiger partial charge on any atom is 0.387 e. The number of carboxylic acid groups (broad SMARTS) is 1. The van der Waals surface area contributed by atoms with Crippen LogP contribution in [0.25, 0.3) is 0 Å². The molecule has 0 aliphatic rings. The summed E-state index contributed by atoms with van der Waals surface area (Å²) in [5.41, 5.74) is -0.355. The third kappa shape index (κ3) is 3.11. The van der Waals surface area contributed by atoms with Gasteiger partial charge in [-0.05, 0) is 6.07 Å². The van der Waals surface area contributed by atoms with E-state index in [1.807, 2.05) is 0 Å². The summed E-state index contributed by atoms with van der Waals surface area (Å²) in [7, 11) is 0. The molecule has 0 bridgehead atoms. The molecular formula is C9H6F4O3. The molecule has 0 unspecified atom stereocenters. The Kier molecular flexibility index (Phi) is 3.70. The fraction of sp³-hybridized carbons (Fsp3) is 0.222. The van der Waals surface area contributed by atoms with Crippen molar-refractivity contribution in [3.63, 3.8) is 0 Å². The zero-order valence-corrected chi connectivity index (χ0v) is 7.71. The van der Waals surface area contributed by atoms with Crippen LogP contribution in [0.1, 0.15) is 5.56 Å². The first kappa shape index (κ1) is 12.3. The topological polar surface area (TPSA) is 46.5 Å². The number of ether oxygens (including phenoxy) is 1. The maximum absolute atomic E-state index is 12.7. The van der Waals surface area contributed by atoms with Crippen molar-refractivity contribution in [2.45, 2.75) is 13.0 Å². The highest BCUT2D eigenvalue weighted by Crippen LogP contribution is 2.24. The predicted molar refractivity (Wildman–Crippen MR) is 44.3 cm³/mol. The van der Waals surface area contributed by atoms with Crippen LogP contribution >= 0.6 is 0 Å². The Labute approximate surface area is 87.3 Å². The third-order valence-corrected chi connectivity index (χ3v) is 1.66. The molecule has 1 aromatic rings. The monoisotopic (exact) mass is 238 g/mol. The minimum absolute atomic E-state index is 0.355. The number of hydrogen-bond donors (Lipinski definition) is 1. The number of carbonyl (C=O) groups is 1. The highest BCUT2D eigenvalue weighted by atomic mass is 19.3. The second-order valence-electron chi connectivity index (χ2n) is 2.82. The van der Waals surface area contributed by atoms with Gasteiger partial charge < -0.3 is 9.84 Å². The molecule has 3 nitrogen and oxygen atoms in total. The van der Waals surface area contributed by atoms with Gasteiger partial charge in [-0.3, -0.25) is 4.79 Å². The number of halogens is 4. The van der Waals surface area contributed by atoms with Crippen LogP contribution in [-0.4, -0.2) is 17.7 Å². The average molecular weight is 238 g/mol. The molecule has 0 amide bonds. The fourth-order valence-corrected chi connectivity index (χ4v) is 1.08. The van der Waals surface area contributed by atoms with Crippen LogP contribution in [0.5, 0.6) is 5.75 Å². The van der Waals surface area contributed by atoms with Gasteiger partial charge in [0.2, 0.25) is 0 Å². The number of benzene rings is 1. The molecule has 0 saturated carbocycles. The molecule has 0 fully saturated rings. The molecule has 16 heavy (non-hydrogen) atoms. The highest BCUT2D eigenvalue weighted by Gasteiger charge is 2.16. The van der Waals surface area contributed by atoms with Gasteiger partial charge in [0.1, 0.15) is 5.75 Å². The number of hydrogen-bond acceptors (Lipinski definition) is 2. The van der Waals surface area contributed by atoms with Gasteiger partial charge in [-0.25, -0.2) is 8.78 Å². The minimum atomic E-state index is -3.24. The summed E-state index contributed by atoms with van der Waals surface area (Å²) < 4.78 is 53.1. The van der Waals surface area contributed by atoms with E-state index in [0.717, 1.165) is 0 Å². The fourth-order valence-electron chi connectivity index (χ4n) is 1.08. The Bertz CT molecular complexity index is 406. The Morgan fingerprint density at radius 2 is 1.88 bits per heavy atom. The molecule has 0 spiro atoms. The predicted octanol–water partition coefficient (Wildman–Crippen LogP) is 2.19. The highest BCUT2D eigenvalue weighted by molar-refractivity contribution is 5.71. The normalized spacial score (nSPS) is 10.6. The molecule has 1 rings (SSSR count). The van der Waals surface area contributed by atoms with E-state index in [1.54, 1.807) is 0 Å². The van der Waals surface area contributed by atoms with Crippen LogP contribution < -0.4 is 4.74 Å². The molecule has 1 aromatic carbocycles. The summed E-state index contributed by atoms with van der Waals surface area (Å²) >= 11 is 0. The third-order valence-electron chi connectivity index (χ3n) is 1.66. The Morgan fingerprint density at radius 3 is 2.38 bits per heavy atom. The molecule has 1 N–H and O–H groups in total. The van der Waals surface area contributed by atoms with Crippen molar-refractivity contribution in [1.82, 2.24) is 0 Å². The SMILES string of the molecule is O=C(O)Cc1cc(F)c(F)cc1OC(F)F. The second kappa shape index (κ2) is 4.82. The van der Waals surface area contributed by atoms with Gasteiger partial charge in [-0.1, -0.05) is 0 Å². The van der Waals surface area contributed by atoms with Crippen molar-refractivity contribution in [2.24, 2.45) is 0 Å². The van der Waals surface area contributed by atoms with Crippen LogP contribution in [-0.2, 0) is 11.2 Å².